The van der Waals surface area contributed by atoms with Crippen molar-refractivity contribution in [1.82, 2.24) is 10.3 Å². The number of nitrogens with one attached hydrogen (secondary N) is 1. The van der Waals surface area contributed by atoms with Gasteiger partial charge in [-0.1, -0.05) is 17.7 Å². The van der Waals surface area contributed by atoms with Crippen molar-refractivity contribution in [2.75, 3.05) is 6.61 Å². The number of ether oxygens (including phenoxy) is 1. The van der Waals surface area contributed by atoms with Gasteiger partial charge in [-0.15, -0.1) is 0 Å². The summed E-state index contributed by atoms with van der Waals surface area (Å²) in [6, 6.07) is 9.32. The quantitative estimate of drug-likeness (QED) is 0.795. The fourth-order valence-corrected chi connectivity index (χ4v) is 2.04. The van der Waals surface area contributed by atoms with Crippen molar-refractivity contribution in [2.45, 2.75) is 26.3 Å². The summed E-state index contributed by atoms with van der Waals surface area (Å²) in [5.41, 5.74) is 1.97. The predicted octanol–water partition coefficient (Wildman–Crippen LogP) is 3.52. The van der Waals surface area contributed by atoms with E-state index in [-0.39, 0.29) is 5.91 Å². The van der Waals surface area contributed by atoms with Crippen molar-refractivity contribution >= 4 is 17.5 Å². The molecule has 0 radical (unpaired) electrons. The van der Waals surface area contributed by atoms with Gasteiger partial charge < -0.3 is 10.1 Å². The SMILES string of the molecule is Cc1cc(OCCCC(=O)NCc2cccnc2)ccc1Cl. The minimum Gasteiger partial charge on any atom is -0.494 e. The summed E-state index contributed by atoms with van der Waals surface area (Å²) in [4.78, 5) is 15.7. The van der Waals surface area contributed by atoms with E-state index in [1.165, 1.54) is 0 Å². The molecule has 0 aliphatic carbocycles. The van der Waals surface area contributed by atoms with Crippen LogP contribution in [0.3, 0.4) is 0 Å². The number of nitrogens with zero attached hydrogens (tertiary/aromatic N) is 1. The molecule has 1 aromatic heterocycles. The maximum atomic E-state index is 11.7. The Morgan fingerprint density at radius 1 is 1.36 bits per heavy atom. The van der Waals surface area contributed by atoms with Crippen LogP contribution in [0, 0.1) is 6.92 Å². The van der Waals surface area contributed by atoms with E-state index in [1.54, 1.807) is 12.4 Å². The zero-order valence-electron chi connectivity index (χ0n) is 12.5. The third-order valence-corrected chi connectivity index (χ3v) is 3.58. The predicted molar refractivity (Wildman–Crippen MR) is 87.0 cm³/mol. The Bertz CT molecular complexity index is 617. The number of carbonyl (C=O) groups excluding carboxylic acids is 1. The van der Waals surface area contributed by atoms with Gasteiger partial charge in [0.2, 0.25) is 5.91 Å². The lowest BCUT2D eigenvalue weighted by molar-refractivity contribution is -0.121. The van der Waals surface area contributed by atoms with E-state index in [4.69, 9.17) is 16.3 Å². The van der Waals surface area contributed by atoms with Gasteiger partial charge in [-0.2, -0.15) is 0 Å². The minimum atomic E-state index is 0.0136. The number of hydrogen-bond donors (Lipinski definition) is 1. The summed E-state index contributed by atoms with van der Waals surface area (Å²) in [5, 5.41) is 3.59. The van der Waals surface area contributed by atoms with Crippen molar-refractivity contribution < 1.29 is 9.53 Å². The van der Waals surface area contributed by atoms with Crippen LogP contribution in [-0.2, 0) is 11.3 Å². The Labute approximate surface area is 135 Å². The van der Waals surface area contributed by atoms with Gasteiger partial charge in [0.1, 0.15) is 5.75 Å². The van der Waals surface area contributed by atoms with Crippen LogP contribution in [0.25, 0.3) is 0 Å². The summed E-state index contributed by atoms with van der Waals surface area (Å²) in [6.45, 7) is 2.94. The third kappa shape index (κ3) is 5.37. The molecule has 116 valence electrons. The molecule has 0 atom stereocenters. The van der Waals surface area contributed by atoms with Crippen LogP contribution in [-0.4, -0.2) is 17.5 Å². The molecule has 0 fully saturated rings. The lowest BCUT2D eigenvalue weighted by Crippen LogP contribution is -2.23. The van der Waals surface area contributed by atoms with Crippen LogP contribution in [0.5, 0.6) is 5.75 Å². The van der Waals surface area contributed by atoms with Crippen LogP contribution in [0.1, 0.15) is 24.0 Å². The molecular weight excluding hydrogens is 300 g/mol. The minimum absolute atomic E-state index is 0.0136. The third-order valence-electron chi connectivity index (χ3n) is 3.16. The first-order chi connectivity index (χ1) is 10.6. The van der Waals surface area contributed by atoms with Gasteiger partial charge in [0.15, 0.2) is 0 Å². The number of aryl methyl sites for hydroxylation is 1. The Hall–Kier alpha value is -2.07. The highest BCUT2D eigenvalue weighted by Crippen LogP contribution is 2.21. The normalized spacial score (nSPS) is 10.3. The van der Waals surface area contributed by atoms with Gasteiger partial charge >= 0.3 is 0 Å². The van der Waals surface area contributed by atoms with Crippen molar-refractivity contribution in [3.8, 4) is 5.75 Å². The Morgan fingerprint density at radius 3 is 2.95 bits per heavy atom. The number of halogens is 1. The summed E-state index contributed by atoms with van der Waals surface area (Å²) in [7, 11) is 0. The summed E-state index contributed by atoms with van der Waals surface area (Å²) >= 11 is 5.96. The number of carbonyl (C=O) groups is 1. The van der Waals surface area contributed by atoms with Gasteiger partial charge in [-0.25, -0.2) is 0 Å². The zero-order chi connectivity index (χ0) is 15.8. The van der Waals surface area contributed by atoms with Crippen LogP contribution < -0.4 is 10.1 Å². The molecular formula is C17H19ClN2O2. The van der Waals surface area contributed by atoms with Gasteiger partial charge in [0.25, 0.3) is 0 Å². The average molecular weight is 319 g/mol. The topological polar surface area (TPSA) is 51.2 Å². The number of aromatic nitrogens is 1. The standard InChI is InChI=1S/C17H19ClN2O2/c1-13-10-15(6-7-16(13)18)22-9-3-5-17(21)20-12-14-4-2-8-19-11-14/h2,4,6-8,10-11H,3,5,9,12H2,1H3,(H,20,21). The second-order valence-corrected chi connectivity index (χ2v) is 5.41. The number of rotatable bonds is 7. The van der Waals surface area contributed by atoms with Crippen molar-refractivity contribution in [3.63, 3.8) is 0 Å². The fraction of sp³-hybridized carbons (Fsp3) is 0.294. The van der Waals surface area contributed by atoms with Crippen molar-refractivity contribution in [3.05, 3.63) is 58.9 Å². The summed E-state index contributed by atoms with van der Waals surface area (Å²) < 4.78 is 5.61. The smallest absolute Gasteiger partial charge is 0.220 e. The van der Waals surface area contributed by atoms with Crippen LogP contribution in [0.4, 0.5) is 0 Å². The zero-order valence-corrected chi connectivity index (χ0v) is 13.3. The largest absolute Gasteiger partial charge is 0.494 e. The maximum absolute atomic E-state index is 11.7. The van der Waals surface area contributed by atoms with Crippen molar-refractivity contribution in [1.29, 1.82) is 0 Å². The van der Waals surface area contributed by atoms with Gasteiger partial charge in [-0.05, 0) is 48.7 Å². The van der Waals surface area contributed by atoms with Gasteiger partial charge in [0.05, 0.1) is 6.61 Å². The molecule has 0 unspecified atom stereocenters. The first-order valence-corrected chi connectivity index (χ1v) is 7.57. The molecule has 2 rings (SSSR count). The first kappa shape index (κ1) is 16.3. The maximum Gasteiger partial charge on any atom is 0.220 e. The Morgan fingerprint density at radius 2 is 2.23 bits per heavy atom. The van der Waals surface area contributed by atoms with E-state index in [9.17, 15) is 4.79 Å². The number of pyridine rings is 1. The molecule has 5 heteroatoms. The summed E-state index contributed by atoms with van der Waals surface area (Å²) in [5.74, 6) is 0.789. The molecule has 22 heavy (non-hydrogen) atoms. The van der Waals surface area contributed by atoms with Crippen LogP contribution in [0.2, 0.25) is 5.02 Å². The van der Waals surface area contributed by atoms with Gasteiger partial charge in [0, 0.05) is 30.4 Å². The molecule has 0 saturated carbocycles. The second-order valence-electron chi connectivity index (χ2n) is 5.00. The van der Waals surface area contributed by atoms with E-state index >= 15 is 0 Å². The molecule has 1 aromatic carbocycles. The molecule has 1 amide bonds. The number of hydrogen-bond acceptors (Lipinski definition) is 3. The van der Waals surface area contributed by atoms with Crippen LogP contribution >= 0.6 is 11.6 Å². The molecule has 0 bridgehead atoms. The highest BCUT2D eigenvalue weighted by Gasteiger charge is 2.03. The molecule has 0 aliphatic rings. The molecule has 1 N–H and O–H groups in total. The van der Waals surface area contributed by atoms with E-state index in [2.05, 4.69) is 10.3 Å². The second kappa shape index (κ2) is 8.39. The monoisotopic (exact) mass is 318 g/mol. The highest BCUT2D eigenvalue weighted by molar-refractivity contribution is 6.31. The molecule has 0 saturated heterocycles. The lowest BCUT2D eigenvalue weighted by atomic mass is 10.2. The van der Waals surface area contributed by atoms with Crippen LogP contribution in [0.15, 0.2) is 42.7 Å². The lowest BCUT2D eigenvalue weighted by Gasteiger charge is -2.08. The van der Waals surface area contributed by atoms with E-state index < -0.39 is 0 Å². The average Bonchev–Trinajstić information content (AvgIpc) is 2.54. The molecule has 2 aromatic rings. The van der Waals surface area contributed by atoms with E-state index in [0.717, 1.165) is 21.9 Å². The van der Waals surface area contributed by atoms with E-state index in [0.29, 0.717) is 26.0 Å². The van der Waals surface area contributed by atoms with E-state index in [1.807, 2.05) is 37.3 Å². The molecule has 1 heterocycles. The van der Waals surface area contributed by atoms with Crippen molar-refractivity contribution in [2.24, 2.45) is 0 Å². The molecule has 4 nitrogen and oxygen atoms in total. The molecule has 0 spiro atoms. The molecule has 0 aliphatic heterocycles. The Kier molecular flexibility index (Phi) is 6.22. The van der Waals surface area contributed by atoms with Gasteiger partial charge in [-0.3, -0.25) is 9.78 Å². The Balaban J connectivity index is 1.63. The number of benzene rings is 1. The number of amides is 1. The highest BCUT2D eigenvalue weighted by atomic mass is 35.5. The fourth-order valence-electron chi connectivity index (χ4n) is 1.92. The summed E-state index contributed by atoms with van der Waals surface area (Å²) in [6.07, 6.45) is 4.56. The first-order valence-electron chi connectivity index (χ1n) is 7.20.